The zero-order valence-electron chi connectivity index (χ0n) is 13.6. The Balaban J connectivity index is 2.01. The number of carbonyl (C=O) groups excluding carboxylic acids is 1. The number of H-pyrrole nitrogens is 1. The number of rotatable bonds is 3. The maximum absolute atomic E-state index is 13.4. The van der Waals surface area contributed by atoms with Crippen LogP contribution in [0.1, 0.15) is 48.9 Å². The summed E-state index contributed by atoms with van der Waals surface area (Å²) in [4.78, 5) is 38.9. The standard InChI is InChI=1S/C18H19FN2O4/c19-11-5-6-12-13(10-15(22)20-14(12)9-11)16(23)21-18(17(24)25)7-3-1-2-4-8-18/h5-6,9-10H,1-4,7-8H2,(H,20,22)(H,21,23)(H,24,25). The molecule has 1 aromatic carbocycles. The van der Waals surface area contributed by atoms with Gasteiger partial charge in [-0.15, -0.1) is 0 Å². The molecule has 1 aliphatic carbocycles. The minimum absolute atomic E-state index is 0.0450. The van der Waals surface area contributed by atoms with Crippen LogP contribution in [0.5, 0.6) is 0 Å². The second-order valence-electron chi connectivity index (χ2n) is 6.49. The number of halogens is 1. The molecule has 3 N–H and O–H groups in total. The molecule has 0 aliphatic heterocycles. The van der Waals surface area contributed by atoms with Crippen LogP contribution in [0.3, 0.4) is 0 Å². The number of nitrogens with one attached hydrogen (secondary N) is 2. The van der Waals surface area contributed by atoms with Crippen LogP contribution in [0.2, 0.25) is 0 Å². The SMILES string of the molecule is O=C(NC1(C(=O)O)CCCCCC1)c1cc(=O)[nH]c2cc(F)ccc12. The van der Waals surface area contributed by atoms with E-state index in [2.05, 4.69) is 10.3 Å². The number of aromatic amines is 1. The first-order valence-electron chi connectivity index (χ1n) is 8.30. The van der Waals surface area contributed by atoms with Crippen LogP contribution in [-0.2, 0) is 4.79 Å². The van der Waals surface area contributed by atoms with Crippen molar-refractivity contribution in [2.45, 2.75) is 44.1 Å². The van der Waals surface area contributed by atoms with Crippen LogP contribution in [0.25, 0.3) is 10.9 Å². The van der Waals surface area contributed by atoms with E-state index in [1.807, 2.05) is 0 Å². The lowest BCUT2D eigenvalue weighted by atomic mass is 9.89. The van der Waals surface area contributed by atoms with E-state index in [4.69, 9.17) is 0 Å². The molecule has 0 unspecified atom stereocenters. The van der Waals surface area contributed by atoms with Crippen molar-refractivity contribution in [2.24, 2.45) is 0 Å². The highest BCUT2D eigenvalue weighted by atomic mass is 19.1. The van der Waals surface area contributed by atoms with E-state index in [-0.39, 0.29) is 11.1 Å². The number of aliphatic carboxylic acids is 1. The number of carboxylic acids is 1. The minimum atomic E-state index is -1.33. The number of carboxylic acid groups (broad SMARTS) is 1. The van der Waals surface area contributed by atoms with Crippen LogP contribution in [0, 0.1) is 5.82 Å². The van der Waals surface area contributed by atoms with Gasteiger partial charge in [-0.25, -0.2) is 9.18 Å². The second-order valence-corrected chi connectivity index (χ2v) is 6.49. The summed E-state index contributed by atoms with van der Waals surface area (Å²) in [5.74, 6) is -2.23. The van der Waals surface area contributed by atoms with E-state index < -0.39 is 28.8 Å². The molecule has 1 aromatic heterocycles. The molecule has 0 atom stereocenters. The molecule has 1 saturated carbocycles. The first-order valence-corrected chi connectivity index (χ1v) is 8.30. The zero-order chi connectivity index (χ0) is 18.0. The van der Waals surface area contributed by atoms with E-state index in [0.29, 0.717) is 31.1 Å². The predicted molar refractivity (Wildman–Crippen MR) is 90.1 cm³/mol. The number of hydrogen-bond donors (Lipinski definition) is 3. The van der Waals surface area contributed by atoms with Crippen LogP contribution < -0.4 is 10.9 Å². The molecule has 1 fully saturated rings. The average Bonchev–Trinajstić information content (AvgIpc) is 2.80. The lowest BCUT2D eigenvalue weighted by Crippen LogP contribution is -2.54. The third-order valence-corrected chi connectivity index (χ3v) is 4.77. The summed E-state index contributed by atoms with van der Waals surface area (Å²) in [7, 11) is 0. The summed E-state index contributed by atoms with van der Waals surface area (Å²) >= 11 is 0. The number of benzene rings is 1. The maximum Gasteiger partial charge on any atom is 0.329 e. The largest absolute Gasteiger partial charge is 0.480 e. The van der Waals surface area contributed by atoms with Crippen molar-refractivity contribution < 1.29 is 19.1 Å². The lowest BCUT2D eigenvalue weighted by molar-refractivity contribution is -0.145. The topological polar surface area (TPSA) is 99.3 Å². The van der Waals surface area contributed by atoms with Gasteiger partial charge in [0.05, 0.1) is 11.1 Å². The summed E-state index contributed by atoms with van der Waals surface area (Å²) in [6.07, 6.45) is 3.99. The van der Waals surface area contributed by atoms with E-state index >= 15 is 0 Å². The van der Waals surface area contributed by atoms with Crippen molar-refractivity contribution in [3.8, 4) is 0 Å². The number of carbonyl (C=O) groups is 2. The van der Waals surface area contributed by atoms with Crippen molar-refractivity contribution >= 4 is 22.8 Å². The van der Waals surface area contributed by atoms with Gasteiger partial charge in [-0.2, -0.15) is 0 Å². The van der Waals surface area contributed by atoms with Gasteiger partial charge < -0.3 is 15.4 Å². The summed E-state index contributed by atoms with van der Waals surface area (Å²) < 4.78 is 13.4. The quantitative estimate of drug-likeness (QED) is 0.744. The van der Waals surface area contributed by atoms with E-state index in [9.17, 15) is 23.9 Å². The van der Waals surface area contributed by atoms with Crippen molar-refractivity contribution in [1.29, 1.82) is 0 Å². The molecule has 0 radical (unpaired) electrons. The Morgan fingerprint density at radius 3 is 2.44 bits per heavy atom. The van der Waals surface area contributed by atoms with Gasteiger partial charge in [0.1, 0.15) is 11.4 Å². The molecule has 6 nitrogen and oxygen atoms in total. The van der Waals surface area contributed by atoms with Gasteiger partial charge in [0, 0.05) is 11.5 Å². The fourth-order valence-electron chi connectivity index (χ4n) is 3.43. The number of aromatic nitrogens is 1. The first kappa shape index (κ1) is 17.1. The smallest absolute Gasteiger partial charge is 0.329 e. The monoisotopic (exact) mass is 346 g/mol. The third kappa shape index (κ3) is 3.40. The second kappa shape index (κ2) is 6.66. The molecule has 3 rings (SSSR count). The van der Waals surface area contributed by atoms with E-state index in [0.717, 1.165) is 25.0 Å². The summed E-state index contributed by atoms with van der Waals surface area (Å²) in [6.45, 7) is 0. The molecular weight excluding hydrogens is 327 g/mol. The van der Waals surface area contributed by atoms with E-state index in [1.54, 1.807) is 0 Å². The van der Waals surface area contributed by atoms with Gasteiger partial charge in [-0.3, -0.25) is 9.59 Å². The van der Waals surface area contributed by atoms with Crippen LogP contribution >= 0.6 is 0 Å². The molecule has 2 aromatic rings. The van der Waals surface area contributed by atoms with Crippen LogP contribution in [0.15, 0.2) is 29.1 Å². The van der Waals surface area contributed by atoms with Gasteiger partial charge in [0.15, 0.2) is 0 Å². The fourth-order valence-corrected chi connectivity index (χ4v) is 3.43. The van der Waals surface area contributed by atoms with Gasteiger partial charge in [-0.05, 0) is 31.0 Å². The van der Waals surface area contributed by atoms with Crippen molar-refractivity contribution in [3.63, 3.8) is 0 Å². The van der Waals surface area contributed by atoms with Crippen molar-refractivity contribution in [2.75, 3.05) is 0 Å². The molecule has 132 valence electrons. The van der Waals surface area contributed by atoms with Crippen LogP contribution in [0.4, 0.5) is 4.39 Å². The predicted octanol–water partition coefficient (Wildman–Crippen LogP) is 2.57. The van der Waals surface area contributed by atoms with Gasteiger partial charge in [0.2, 0.25) is 5.56 Å². The molecular formula is C18H19FN2O4. The Labute approximate surface area is 143 Å². The molecule has 1 amide bonds. The van der Waals surface area contributed by atoms with Gasteiger partial charge in [-0.1, -0.05) is 25.7 Å². The van der Waals surface area contributed by atoms with Crippen molar-refractivity contribution in [1.82, 2.24) is 10.3 Å². The number of fused-ring (bicyclic) bond motifs is 1. The summed E-state index contributed by atoms with van der Waals surface area (Å²) in [6, 6.07) is 4.83. The highest BCUT2D eigenvalue weighted by Crippen LogP contribution is 2.28. The van der Waals surface area contributed by atoms with Crippen LogP contribution in [-0.4, -0.2) is 27.5 Å². The Morgan fingerprint density at radius 1 is 1.12 bits per heavy atom. The van der Waals surface area contributed by atoms with Gasteiger partial charge in [0.25, 0.3) is 5.91 Å². The highest BCUT2D eigenvalue weighted by Gasteiger charge is 2.40. The molecule has 25 heavy (non-hydrogen) atoms. The number of amides is 1. The molecule has 1 heterocycles. The molecule has 0 spiro atoms. The normalized spacial score (nSPS) is 17.0. The Bertz CT molecular complexity index is 882. The highest BCUT2D eigenvalue weighted by molar-refractivity contribution is 6.07. The molecule has 7 heteroatoms. The lowest BCUT2D eigenvalue weighted by Gasteiger charge is -2.29. The van der Waals surface area contributed by atoms with Crippen molar-refractivity contribution in [3.05, 3.63) is 46.0 Å². The van der Waals surface area contributed by atoms with Gasteiger partial charge >= 0.3 is 5.97 Å². The van der Waals surface area contributed by atoms with E-state index in [1.165, 1.54) is 12.1 Å². The molecule has 0 bridgehead atoms. The zero-order valence-corrected chi connectivity index (χ0v) is 13.6. The third-order valence-electron chi connectivity index (χ3n) is 4.77. The summed E-state index contributed by atoms with van der Waals surface area (Å²) in [5, 5.41) is 12.7. The molecule has 1 aliphatic rings. The molecule has 0 saturated heterocycles. The Hall–Kier alpha value is -2.70. The summed E-state index contributed by atoms with van der Waals surface area (Å²) in [5.41, 5.74) is -1.64. The maximum atomic E-state index is 13.4. The number of hydrogen-bond acceptors (Lipinski definition) is 3. The minimum Gasteiger partial charge on any atom is -0.480 e. The average molecular weight is 346 g/mol. The first-order chi connectivity index (χ1) is 11.9. The number of pyridine rings is 1. The Kier molecular flexibility index (Phi) is 4.57. The Morgan fingerprint density at radius 2 is 1.80 bits per heavy atom. The fraction of sp³-hybridized carbons (Fsp3) is 0.389.